The summed E-state index contributed by atoms with van der Waals surface area (Å²) in [6.07, 6.45) is 1.44. The summed E-state index contributed by atoms with van der Waals surface area (Å²) in [6, 6.07) is 12.0. The van der Waals surface area contributed by atoms with Crippen molar-refractivity contribution in [3.63, 3.8) is 0 Å². The van der Waals surface area contributed by atoms with Gasteiger partial charge in [-0.05, 0) is 66.6 Å². The molecule has 20 heavy (non-hydrogen) atoms. The van der Waals surface area contributed by atoms with E-state index in [1.807, 2.05) is 56.5 Å². The quantitative estimate of drug-likeness (QED) is 0.858. The molecular formula is C17H20O2S. The van der Waals surface area contributed by atoms with E-state index in [2.05, 4.69) is 0 Å². The van der Waals surface area contributed by atoms with Gasteiger partial charge in [-0.1, -0.05) is 12.1 Å². The van der Waals surface area contributed by atoms with Gasteiger partial charge in [-0.25, -0.2) is 0 Å². The maximum atomic E-state index is 10.5. The highest BCUT2D eigenvalue weighted by molar-refractivity contribution is 7.98. The number of benzene rings is 2. The summed E-state index contributed by atoms with van der Waals surface area (Å²) < 4.78 is 5.36. The normalized spacial score (nSPS) is 12.2. The van der Waals surface area contributed by atoms with Gasteiger partial charge in [-0.2, -0.15) is 0 Å². The Labute approximate surface area is 124 Å². The Hall–Kier alpha value is -1.45. The van der Waals surface area contributed by atoms with Crippen LogP contribution in [0.3, 0.4) is 0 Å². The van der Waals surface area contributed by atoms with Crippen LogP contribution in [-0.4, -0.2) is 18.5 Å². The Morgan fingerprint density at radius 3 is 2.00 bits per heavy atom. The fourth-order valence-corrected chi connectivity index (χ4v) is 2.85. The monoisotopic (exact) mass is 288 g/mol. The van der Waals surface area contributed by atoms with Crippen molar-refractivity contribution in [2.45, 2.75) is 24.8 Å². The first kappa shape index (κ1) is 14.9. The molecule has 2 aromatic rings. The van der Waals surface area contributed by atoms with Crippen molar-refractivity contribution >= 4 is 11.8 Å². The smallest absolute Gasteiger partial charge is 0.124 e. The molecule has 0 saturated carbocycles. The average Bonchev–Trinajstić information content (AvgIpc) is 2.46. The lowest BCUT2D eigenvalue weighted by Crippen LogP contribution is -2.02. The third-order valence-electron chi connectivity index (χ3n) is 3.43. The summed E-state index contributed by atoms with van der Waals surface area (Å²) >= 11 is 1.70. The number of rotatable bonds is 4. The van der Waals surface area contributed by atoms with Crippen molar-refractivity contribution in [1.29, 1.82) is 0 Å². The molecule has 0 saturated heterocycles. The molecule has 0 aromatic heterocycles. The van der Waals surface area contributed by atoms with Gasteiger partial charge in [0, 0.05) is 4.90 Å². The molecule has 1 unspecified atom stereocenters. The summed E-state index contributed by atoms with van der Waals surface area (Å²) in [5.74, 6) is 0.888. The summed E-state index contributed by atoms with van der Waals surface area (Å²) in [5, 5.41) is 10.5. The Bertz CT molecular complexity index is 567. The highest BCUT2D eigenvalue weighted by Gasteiger charge is 2.14. The predicted molar refractivity (Wildman–Crippen MR) is 84.8 cm³/mol. The van der Waals surface area contributed by atoms with Gasteiger partial charge in [0.25, 0.3) is 0 Å². The average molecular weight is 288 g/mol. The van der Waals surface area contributed by atoms with Crippen molar-refractivity contribution in [1.82, 2.24) is 0 Å². The van der Waals surface area contributed by atoms with Crippen LogP contribution in [0.2, 0.25) is 0 Å². The van der Waals surface area contributed by atoms with E-state index in [0.29, 0.717) is 0 Å². The van der Waals surface area contributed by atoms with Gasteiger partial charge in [0.1, 0.15) is 11.9 Å². The molecule has 0 aliphatic heterocycles. The number of hydrogen-bond donors (Lipinski definition) is 1. The van der Waals surface area contributed by atoms with Crippen LogP contribution in [0.15, 0.2) is 41.3 Å². The molecule has 0 spiro atoms. The lowest BCUT2D eigenvalue weighted by molar-refractivity contribution is 0.220. The van der Waals surface area contributed by atoms with E-state index in [4.69, 9.17) is 4.74 Å². The highest BCUT2D eigenvalue weighted by Crippen LogP contribution is 2.30. The minimum atomic E-state index is -0.603. The molecule has 0 heterocycles. The molecule has 0 amide bonds. The summed E-state index contributed by atoms with van der Waals surface area (Å²) in [5.41, 5.74) is 3.90. The molecule has 0 aliphatic carbocycles. The first-order valence-electron chi connectivity index (χ1n) is 6.54. The second-order valence-corrected chi connectivity index (χ2v) is 5.74. The van der Waals surface area contributed by atoms with Crippen LogP contribution in [0, 0.1) is 13.8 Å². The zero-order valence-electron chi connectivity index (χ0n) is 12.3. The lowest BCUT2D eigenvalue weighted by atomic mass is 9.97. The molecule has 2 rings (SSSR count). The largest absolute Gasteiger partial charge is 0.496 e. The zero-order chi connectivity index (χ0) is 14.7. The second-order valence-electron chi connectivity index (χ2n) is 4.86. The second kappa shape index (κ2) is 6.33. The molecule has 1 atom stereocenters. The van der Waals surface area contributed by atoms with Crippen LogP contribution in [-0.2, 0) is 0 Å². The van der Waals surface area contributed by atoms with Crippen molar-refractivity contribution < 1.29 is 9.84 Å². The SMILES string of the molecule is COc1c(C)cc(C(O)c2ccc(SC)cc2)cc1C. The van der Waals surface area contributed by atoms with E-state index in [9.17, 15) is 5.11 Å². The van der Waals surface area contributed by atoms with Crippen LogP contribution < -0.4 is 4.74 Å². The van der Waals surface area contributed by atoms with Gasteiger partial charge in [0.05, 0.1) is 7.11 Å². The first-order valence-corrected chi connectivity index (χ1v) is 7.76. The number of aliphatic hydroxyl groups is 1. The van der Waals surface area contributed by atoms with Crippen molar-refractivity contribution in [3.8, 4) is 5.75 Å². The Balaban J connectivity index is 2.34. The Morgan fingerprint density at radius 1 is 1.00 bits per heavy atom. The number of methoxy groups -OCH3 is 1. The first-order chi connectivity index (χ1) is 9.56. The molecule has 0 fully saturated rings. The van der Waals surface area contributed by atoms with E-state index in [-0.39, 0.29) is 0 Å². The van der Waals surface area contributed by atoms with Crippen molar-refractivity contribution in [2.24, 2.45) is 0 Å². The molecule has 1 N–H and O–H groups in total. The number of hydrogen-bond acceptors (Lipinski definition) is 3. The molecule has 2 aromatic carbocycles. The maximum Gasteiger partial charge on any atom is 0.124 e. The summed E-state index contributed by atoms with van der Waals surface area (Å²) in [6.45, 7) is 4.00. The number of aryl methyl sites for hydroxylation is 2. The van der Waals surface area contributed by atoms with Crippen LogP contribution in [0.4, 0.5) is 0 Å². The third-order valence-corrected chi connectivity index (χ3v) is 4.18. The van der Waals surface area contributed by atoms with Gasteiger partial charge in [0.15, 0.2) is 0 Å². The van der Waals surface area contributed by atoms with E-state index < -0.39 is 6.10 Å². The van der Waals surface area contributed by atoms with E-state index in [1.54, 1.807) is 18.9 Å². The van der Waals surface area contributed by atoms with Gasteiger partial charge in [-0.3, -0.25) is 0 Å². The zero-order valence-corrected chi connectivity index (χ0v) is 13.1. The standard InChI is InChI=1S/C17H20O2S/c1-11-9-14(10-12(2)17(11)19-3)16(18)13-5-7-15(20-4)8-6-13/h5-10,16,18H,1-4H3. The molecule has 0 radical (unpaired) electrons. The van der Waals surface area contributed by atoms with Crippen LogP contribution in [0.5, 0.6) is 5.75 Å². The number of ether oxygens (including phenoxy) is 1. The van der Waals surface area contributed by atoms with Crippen molar-refractivity contribution in [2.75, 3.05) is 13.4 Å². The fourth-order valence-electron chi connectivity index (χ4n) is 2.44. The van der Waals surface area contributed by atoms with E-state index >= 15 is 0 Å². The van der Waals surface area contributed by atoms with Crippen LogP contribution in [0.1, 0.15) is 28.4 Å². The van der Waals surface area contributed by atoms with Gasteiger partial charge in [-0.15, -0.1) is 11.8 Å². The molecule has 3 heteroatoms. The third kappa shape index (κ3) is 3.00. The Morgan fingerprint density at radius 2 is 1.55 bits per heavy atom. The van der Waals surface area contributed by atoms with Gasteiger partial charge >= 0.3 is 0 Å². The van der Waals surface area contributed by atoms with Crippen molar-refractivity contribution in [3.05, 3.63) is 58.7 Å². The minimum Gasteiger partial charge on any atom is -0.496 e. The Kier molecular flexibility index (Phi) is 4.73. The minimum absolute atomic E-state index is 0.603. The van der Waals surface area contributed by atoms with Crippen LogP contribution in [0.25, 0.3) is 0 Å². The molecule has 0 bridgehead atoms. The molecular weight excluding hydrogens is 268 g/mol. The summed E-state index contributed by atoms with van der Waals surface area (Å²) in [4.78, 5) is 1.20. The van der Waals surface area contributed by atoms with Gasteiger partial charge < -0.3 is 9.84 Å². The van der Waals surface area contributed by atoms with Gasteiger partial charge in [0.2, 0.25) is 0 Å². The predicted octanol–water partition coefficient (Wildman–Crippen LogP) is 4.12. The van der Waals surface area contributed by atoms with E-state index in [1.165, 1.54) is 4.90 Å². The number of thioether (sulfide) groups is 1. The fraction of sp³-hybridized carbons (Fsp3) is 0.294. The van der Waals surface area contributed by atoms with E-state index in [0.717, 1.165) is 28.0 Å². The molecule has 2 nitrogen and oxygen atoms in total. The molecule has 106 valence electrons. The lowest BCUT2D eigenvalue weighted by Gasteiger charge is -2.16. The highest BCUT2D eigenvalue weighted by atomic mass is 32.2. The number of aliphatic hydroxyl groups excluding tert-OH is 1. The summed E-state index contributed by atoms with van der Waals surface area (Å²) in [7, 11) is 1.67. The maximum absolute atomic E-state index is 10.5. The molecule has 0 aliphatic rings. The van der Waals surface area contributed by atoms with Crippen LogP contribution >= 0.6 is 11.8 Å². The topological polar surface area (TPSA) is 29.5 Å².